The average Bonchev–Trinajstić information content (AvgIpc) is 2.94. The largest absolute Gasteiger partial charge is 0.496 e. The molecule has 0 saturated heterocycles. The zero-order valence-corrected chi connectivity index (χ0v) is 12.0. The van der Waals surface area contributed by atoms with Gasteiger partial charge in [0, 0.05) is 4.88 Å². The van der Waals surface area contributed by atoms with Crippen LogP contribution in [0.15, 0.2) is 30.3 Å². The number of benzene rings is 1. The molecule has 100 valence electrons. The van der Waals surface area contributed by atoms with Crippen molar-refractivity contribution in [3.05, 3.63) is 45.6 Å². The lowest BCUT2D eigenvalue weighted by Gasteiger charge is -2.11. The molecule has 0 radical (unpaired) electrons. The summed E-state index contributed by atoms with van der Waals surface area (Å²) in [5.74, 6) is 1.02. The lowest BCUT2D eigenvalue weighted by molar-refractivity contribution is 0.103. The van der Waals surface area contributed by atoms with Gasteiger partial charge in [-0.05, 0) is 30.7 Å². The first-order valence-electron chi connectivity index (χ1n) is 6.05. The Morgan fingerprint density at radius 3 is 2.21 bits per heavy atom. The second-order valence-electron chi connectivity index (χ2n) is 3.99. The van der Waals surface area contributed by atoms with E-state index in [2.05, 4.69) is 6.92 Å². The molecule has 19 heavy (non-hydrogen) atoms. The number of thiophene rings is 1. The summed E-state index contributed by atoms with van der Waals surface area (Å²) in [6.45, 7) is 2.07. The van der Waals surface area contributed by atoms with Gasteiger partial charge in [0.15, 0.2) is 0 Å². The molecule has 0 spiro atoms. The first-order chi connectivity index (χ1) is 9.21. The van der Waals surface area contributed by atoms with E-state index in [0.717, 1.165) is 6.42 Å². The minimum atomic E-state index is -0.0565. The highest BCUT2D eigenvalue weighted by molar-refractivity contribution is 7.14. The van der Waals surface area contributed by atoms with Crippen molar-refractivity contribution in [2.45, 2.75) is 13.3 Å². The van der Waals surface area contributed by atoms with Gasteiger partial charge in [-0.2, -0.15) is 0 Å². The highest BCUT2D eigenvalue weighted by Crippen LogP contribution is 2.32. The highest BCUT2D eigenvalue weighted by atomic mass is 32.1. The zero-order valence-electron chi connectivity index (χ0n) is 11.2. The lowest BCUT2D eigenvalue weighted by Crippen LogP contribution is -2.04. The molecule has 2 rings (SSSR count). The van der Waals surface area contributed by atoms with Crippen molar-refractivity contribution in [3.8, 4) is 11.5 Å². The Kier molecular flexibility index (Phi) is 4.22. The van der Waals surface area contributed by atoms with Crippen molar-refractivity contribution < 1.29 is 14.3 Å². The van der Waals surface area contributed by atoms with E-state index in [1.165, 1.54) is 16.2 Å². The van der Waals surface area contributed by atoms with Gasteiger partial charge in [0.1, 0.15) is 17.1 Å². The van der Waals surface area contributed by atoms with Crippen LogP contribution in [0.4, 0.5) is 0 Å². The van der Waals surface area contributed by atoms with Crippen LogP contribution in [0.5, 0.6) is 11.5 Å². The molecule has 0 atom stereocenters. The van der Waals surface area contributed by atoms with Gasteiger partial charge in [-0.1, -0.05) is 13.0 Å². The summed E-state index contributed by atoms with van der Waals surface area (Å²) in [4.78, 5) is 14.5. The normalized spacial score (nSPS) is 10.3. The number of ether oxygens (including phenoxy) is 2. The van der Waals surface area contributed by atoms with Crippen LogP contribution < -0.4 is 9.47 Å². The van der Waals surface area contributed by atoms with E-state index in [-0.39, 0.29) is 5.78 Å². The van der Waals surface area contributed by atoms with Crippen molar-refractivity contribution in [2.24, 2.45) is 0 Å². The number of carbonyl (C=O) groups excluding carboxylic acids is 1. The fourth-order valence-corrected chi connectivity index (χ4v) is 2.78. The number of aryl methyl sites for hydroxylation is 1. The summed E-state index contributed by atoms with van der Waals surface area (Å²) in [6.07, 6.45) is 0.932. The van der Waals surface area contributed by atoms with Crippen molar-refractivity contribution in [1.82, 2.24) is 0 Å². The van der Waals surface area contributed by atoms with Gasteiger partial charge < -0.3 is 9.47 Å². The summed E-state index contributed by atoms with van der Waals surface area (Å²) in [5, 5.41) is 0. The Labute approximate surface area is 116 Å². The maximum absolute atomic E-state index is 12.6. The van der Waals surface area contributed by atoms with Crippen LogP contribution in [0.25, 0.3) is 0 Å². The third kappa shape index (κ3) is 2.63. The maximum atomic E-state index is 12.6. The average molecular weight is 276 g/mol. The maximum Gasteiger partial charge on any atom is 0.210 e. The fourth-order valence-electron chi connectivity index (χ4n) is 1.89. The monoisotopic (exact) mass is 276 g/mol. The number of ketones is 1. The number of hydrogen-bond donors (Lipinski definition) is 0. The van der Waals surface area contributed by atoms with E-state index in [9.17, 15) is 4.79 Å². The first-order valence-corrected chi connectivity index (χ1v) is 6.87. The van der Waals surface area contributed by atoms with Gasteiger partial charge in [0.25, 0.3) is 0 Å². The van der Waals surface area contributed by atoms with Crippen LogP contribution in [0.1, 0.15) is 27.0 Å². The molecule has 3 nitrogen and oxygen atoms in total. The molecule has 0 aliphatic heterocycles. The molecule has 2 aromatic rings. The van der Waals surface area contributed by atoms with E-state index in [1.54, 1.807) is 32.4 Å². The van der Waals surface area contributed by atoms with Gasteiger partial charge in [-0.3, -0.25) is 4.79 Å². The molecule has 4 heteroatoms. The van der Waals surface area contributed by atoms with Crippen molar-refractivity contribution in [3.63, 3.8) is 0 Å². The van der Waals surface area contributed by atoms with Crippen molar-refractivity contribution >= 4 is 17.1 Å². The third-order valence-corrected chi connectivity index (χ3v) is 4.12. The zero-order chi connectivity index (χ0) is 13.8. The number of rotatable bonds is 5. The van der Waals surface area contributed by atoms with Crippen LogP contribution >= 0.6 is 11.3 Å². The Hall–Kier alpha value is -1.81. The lowest BCUT2D eigenvalue weighted by atomic mass is 10.1. The second kappa shape index (κ2) is 5.89. The van der Waals surface area contributed by atoms with Gasteiger partial charge in [-0.25, -0.2) is 0 Å². The molecule has 0 aliphatic rings. The smallest absolute Gasteiger partial charge is 0.210 e. The molecule has 0 amide bonds. The van der Waals surface area contributed by atoms with Crippen LogP contribution in [0.2, 0.25) is 0 Å². The molecule has 0 fully saturated rings. The van der Waals surface area contributed by atoms with E-state index in [1.807, 2.05) is 12.1 Å². The highest BCUT2D eigenvalue weighted by Gasteiger charge is 2.20. The van der Waals surface area contributed by atoms with Gasteiger partial charge in [-0.15, -0.1) is 11.3 Å². The number of carbonyl (C=O) groups is 1. The molecule has 1 aromatic carbocycles. The first kappa shape index (κ1) is 13.6. The molecule has 0 unspecified atom stereocenters. The minimum absolute atomic E-state index is 0.0565. The van der Waals surface area contributed by atoms with Gasteiger partial charge in [0.05, 0.1) is 19.1 Å². The summed E-state index contributed by atoms with van der Waals surface area (Å²) in [6, 6.07) is 9.19. The fraction of sp³-hybridized carbons (Fsp3) is 0.267. The van der Waals surface area contributed by atoms with E-state index in [0.29, 0.717) is 21.9 Å². The van der Waals surface area contributed by atoms with Crippen LogP contribution in [0.3, 0.4) is 0 Å². The van der Waals surface area contributed by atoms with Crippen LogP contribution in [0, 0.1) is 0 Å². The van der Waals surface area contributed by atoms with Crippen LogP contribution in [-0.2, 0) is 6.42 Å². The summed E-state index contributed by atoms with van der Waals surface area (Å²) >= 11 is 1.51. The summed E-state index contributed by atoms with van der Waals surface area (Å²) in [5.41, 5.74) is 0.483. The Balaban J connectivity index is 2.48. The van der Waals surface area contributed by atoms with Crippen LogP contribution in [-0.4, -0.2) is 20.0 Å². The predicted molar refractivity (Wildman–Crippen MR) is 76.7 cm³/mol. The molecule has 0 bridgehead atoms. The Morgan fingerprint density at radius 2 is 1.74 bits per heavy atom. The molecule has 0 saturated carbocycles. The molecule has 0 aliphatic carbocycles. The predicted octanol–water partition coefficient (Wildman–Crippen LogP) is 3.56. The van der Waals surface area contributed by atoms with Crippen molar-refractivity contribution in [2.75, 3.05) is 14.2 Å². The summed E-state index contributed by atoms with van der Waals surface area (Å²) < 4.78 is 10.5. The van der Waals surface area contributed by atoms with Gasteiger partial charge >= 0.3 is 0 Å². The summed E-state index contributed by atoms with van der Waals surface area (Å²) in [7, 11) is 3.11. The molecule has 0 N–H and O–H groups in total. The Bertz CT molecular complexity index is 565. The second-order valence-corrected chi connectivity index (χ2v) is 5.15. The van der Waals surface area contributed by atoms with E-state index >= 15 is 0 Å². The SMILES string of the molecule is CCc1ccc(C(=O)c2c(OC)cccc2OC)s1. The molecular weight excluding hydrogens is 260 g/mol. The van der Waals surface area contributed by atoms with Gasteiger partial charge in [0.2, 0.25) is 5.78 Å². The topological polar surface area (TPSA) is 35.5 Å². The Morgan fingerprint density at radius 1 is 1.11 bits per heavy atom. The third-order valence-electron chi connectivity index (χ3n) is 2.89. The minimum Gasteiger partial charge on any atom is -0.496 e. The molecule has 1 heterocycles. The molecular formula is C15H16O3S. The number of hydrogen-bond acceptors (Lipinski definition) is 4. The van der Waals surface area contributed by atoms with E-state index in [4.69, 9.17) is 9.47 Å². The molecule has 1 aromatic heterocycles. The van der Waals surface area contributed by atoms with E-state index < -0.39 is 0 Å². The number of methoxy groups -OCH3 is 2. The quantitative estimate of drug-likeness (QED) is 0.783. The van der Waals surface area contributed by atoms with Crippen molar-refractivity contribution in [1.29, 1.82) is 0 Å². The standard InChI is InChI=1S/C15H16O3S/c1-4-10-8-9-13(19-10)15(16)14-11(17-2)6-5-7-12(14)18-3/h5-9H,4H2,1-3H3.